The molecule has 7 nitrogen and oxygen atoms in total. The number of nitrogens with zero attached hydrogens (tertiary/aromatic N) is 4. The summed E-state index contributed by atoms with van der Waals surface area (Å²) >= 11 is 0. The summed E-state index contributed by atoms with van der Waals surface area (Å²) in [5.41, 5.74) is 4.46. The van der Waals surface area contributed by atoms with Crippen LogP contribution < -0.4 is 14.5 Å². The van der Waals surface area contributed by atoms with Gasteiger partial charge in [-0.05, 0) is 58.5 Å². The summed E-state index contributed by atoms with van der Waals surface area (Å²) in [6, 6.07) is 21.5. The van der Waals surface area contributed by atoms with Gasteiger partial charge in [-0.1, -0.05) is 18.2 Å². The fourth-order valence-electron chi connectivity index (χ4n) is 6.03. The molecular weight excluding hydrogens is 464 g/mol. The zero-order valence-corrected chi connectivity index (χ0v) is 21.8. The topological polar surface area (TPSA) is 48.5 Å². The van der Waals surface area contributed by atoms with Crippen LogP contribution in [-0.4, -0.2) is 82.2 Å². The molecule has 4 heterocycles. The Hall–Kier alpha value is -3.55. The molecule has 4 aliphatic heterocycles. The molecule has 0 N–H and O–H groups in total. The van der Waals surface area contributed by atoms with Crippen molar-refractivity contribution >= 4 is 17.3 Å². The van der Waals surface area contributed by atoms with Gasteiger partial charge in [0, 0.05) is 78.5 Å². The Kier molecular flexibility index (Phi) is 4.88. The Bertz CT molecular complexity index is 1330. The fourth-order valence-corrected chi connectivity index (χ4v) is 6.03. The van der Waals surface area contributed by atoms with Crippen LogP contribution >= 0.6 is 0 Å². The fraction of sp³-hybridized carbons (Fsp3) is 0.367. The average Bonchev–Trinajstić information content (AvgIpc) is 3.09. The standard InChI is InChI=1S/C30H32N4O3/c1-31(2)21-15-33(16-21)19-9-11-25-27(13-19)36-28-14-20(34-17-22(18-34)32(3)4)10-12-26(28)30(25)24-8-6-5-7-23(24)29(35)37-30/h5-14,21-22H,15-18H2,1-4H3. The number of fused-ring (bicyclic) bond motifs is 6. The molecule has 0 saturated carbocycles. The van der Waals surface area contributed by atoms with Gasteiger partial charge in [0.05, 0.1) is 5.56 Å². The molecule has 0 atom stereocenters. The van der Waals surface area contributed by atoms with Crippen molar-refractivity contribution in [3.05, 3.63) is 82.9 Å². The lowest BCUT2D eigenvalue weighted by molar-refractivity contribution is 0.0224. The summed E-state index contributed by atoms with van der Waals surface area (Å²) in [5.74, 6) is 1.19. The van der Waals surface area contributed by atoms with Crippen molar-refractivity contribution in [1.82, 2.24) is 9.80 Å². The minimum Gasteiger partial charge on any atom is -0.456 e. The van der Waals surface area contributed by atoms with Gasteiger partial charge < -0.3 is 29.1 Å². The molecule has 2 saturated heterocycles. The number of carbonyl (C=O) groups excluding carboxylic acids is 1. The molecule has 2 fully saturated rings. The van der Waals surface area contributed by atoms with Crippen molar-refractivity contribution in [1.29, 1.82) is 0 Å². The third kappa shape index (κ3) is 3.23. The van der Waals surface area contributed by atoms with Gasteiger partial charge in [-0.25, -0.2) is 4.79 Å². The number of ether oxygens (including phenoxy) is 2. The van der Waals surface area contributed by atoms with E-state index in [1.54, 1.807) is 0 Å². The van der Waals surface area contributed by atoms with Crippen molar-refractivity contribution in [3.63, 3.8) is 0 Å². The van der Waals surface area contributed by atoms with Gasteiger partial charge in [0.2, 0.25) is 0 Å². The van der Waals surface area contributed by atoms with Gasteiger partial charge in [-0.2, -0.15) is 0 Å². The van der Waals surface area contributed by atoms with Gasteiger partial charge in [-0.15, -0.1) is 0 Å². The number of hydrogen-bond acceptors (Lipinski definition) is 7. The Morgan fingerprint density at radius 2 is 1.24 bits per heavy atom. The monoisotopic (exact) mass is 496 g/mol. The van der Waals surface area contributed by atoms with E-state index in [-0.39, 0.29) is 5.97 Å². The number of rotatable bonds is 4. The summed E-state index contributed by atoms with van der Waals surface area (Å²) in [5, 5.41) is 0. The highest BCUT2D eigenvalue weighted by Gasteiger charge is 2.53. The van der Waals surface area contributed by atoms with Crippen molar-refractivity contribution in [2.24, 2.45) is 0 Å². The van der Waals surface area contributed by atoms with Crippen LogP contribution in [0.5, 0.6) is 11.5 Å². The third-order valence-corrected chi connectivity index (χ3v) is 8.60. The van der Waals surface area contributed by atoms with E-state index in [4.69, 9.17) is 9.47 Å². The number of hydrogen-bond donors (Lipinski definition) is 0. The summed E-state index contributed by atoms with van der Waals surface area (Å²) < 4.78 is 12.9. The van der Waals surface area contributed by atoms with E-state index in [0.29, 0.717) is 17.6 Å². The third-order valence-electron chi connectivity index (χ3n) is 8.60. The van der Waals surface area contributed by atoms with E-state index in [0.717, 1.165) is 65.7 Å². The maximum absolute atomic E-state index is 13.1. The molecular formula is C30H32N4O3. The van der Waals surface area contributed by atoms with Crippen LogP contribution in [-0.2, 0) is 10.3 Å². The van der Waals surface area contributed by atoms with E-state index >= 15 is 0 Å². The molecule has 3 aromatic rings. The number of likely N-dealkylation sites (N-methyl/N-ethyl adjacent to an activating group) is 2. The lowest BCUT2D eigenvalue weighted by Crippen LogP contribution is -2.57. The lowest BCUT2D eigenvalue weighted by atomic mass is 9.77. The molecule has 0 amide bonds. The molecule has 0 bridgehead atoms. The second-order valence-electron chi connectivity index (χ2n) is 11.1. The van der Waals surface area contributed by atoms with Crippen LogP contribution in [0.25, 0.3) is 0 Å². The van der Waals surface area contributed by atoms with Gasteiger partial charge in [0.1, 0.15) is 11.5 Å². The van der Waals surface area contributed by atoms with E-state index < -0.39 is 5.60 Å². The molecule has 0 unspecified atom stereocenters. The highest BCUT2D eigenvalue weighted by atomic mass is 16.6. The molecule has 190 valence electrons. The van der Waals surface area contributed by atoms with E-state index in [1.165, 1.54) is 0 Å². The molecule has 7 rings (SSSR count). The summed E-state index contributed by atoms with van der Waals surface area (Å²) in [4.78, 5) is 22.4. The molecule has 3 aromatic carbocycles. The number of anilines is 2. The minimum absolute atomic E-state index is 0.296. The molecule has 37 heavy (non-hydrogen) atoms. The van der Waals surface area contributed by atoms with Crippen LogP contribution in [0.1, 0.15) is 27.0 Å². The quantitative estimate of drug-likeness (QED) is 0.510. The first-order chi connectivity index (χ1) is 17.8. The van der Waals surface area contributed by atoms with Crippen LogP contribution in [0, 0.1) is 0 Å². The second-order valence-corrected chi connectivity index (χ2v) is 11.1. The van der Waals surface area contributed by atoms with Gasteiger partial charge in [-0.3, -0.25) is 0 Å². The zero-order chi connectivity index (χ0) is 25.5. The van der Waals surface area contributed by atoms with Crippen LogP contribution in [0.4, 0.5) is 11.4 Å². The first kappa shape index (κ1) is 22.6. The average molecular weight is 497 g/mol. The maximum atomic E-state index is 13.1. The van der Waals surface area contributed by atoms with Crippen molar-refractivity contribution in [3.8, 4) is 11.5 Å². The second kappa shape index (κ2) is 7.97. The van der Waals surface area contributed by atoms with E-state index in [2.05, 4.69) is 84.2 Å². The first-order valence-corrected chi connectivity index (χ1v) is 13.0. The predicted octanol–water partition coefficient (Wildman–Crippen LogP) is 3.76. The van der Waals surface area contributed by atoms with Crippen molar-refractivity contribution in [2.75, 3.05) is 64.2 Å². The number of carbonyl (C=O) groups is 1. The normalized spacial score (nSPS) is 19.8. The van der Waals surface area contributed by atoms with Crippen LogP contribution in [0.15, 0.2) is 60.7 Å². The van der Waals surface area contributed by atoms with E-state index in [9.17, 15) is 4.79 Å². The van der Waals surface area contributed by atoms with Crippen molar-refractivity contribution in [2.45, 2.75) is 17.7 Å². The Labute approximate surface area is 217 Å². The summed E-state index contributed by atoms with van der Waals surface area (Å²) in [6.07, 6.45) is 0. The Morgan fingerprint density at radius 3 is 1.76 bits per heavy atom. The SMILES string of the molecule is CN(C)C1CN(c2ccc3c(c2)Oc2cc(N4CC(N(C)C)C4)ccc2C32OC(=O)c3ccccc32)C1. The van der Waals surface area contributed by atoms with Gasteiger partial charge >= 0.3 is 5.97 Å². The van der Waals surface area contributed by atoms with E-state index in [1.807, 2.05) is 24.3 Å². The van der Waals surface area contributed by atoms with Crippen LogP contribution in [0.3, 0.4) is 0 Å². The largest absolute Gasteiger partial charge is 0.456 e. The van der Waals surface area contributed by atoms with Crippen LogP contribution in [0.2, 0.25) is 0 Å². The minimum atomic E-state index is -1.02. The molecule has 0 radical (unpaired) electrons. The van der Waals surface area contributed by atoms with Gasteiger partial charge in [0.25, 0.3) is 0 Å². The lowest BCUT2D eigenvalue weighted by Gasteiger charge is -2.45. The first-order valence-electron chi connectivity index (χ1n) is 13.0. The molecule has 4 aliphatic rings. The zero-order valence-electron chi connectivity index (χ0n) is 21.8. The molecule has 7 heteroatoms. The van der Waals surface area contributed by atoms with Crippen molar-refractivity contribution < 1.29 is 14.3 Å². The number of benzene rings is 3. The predicted molar refractivity (Wildman–Crippen MR) is 144 cm³/mol. The number of esters is 1. The molecule has 0 aromatic heterocycles. The maximum Gasteiger partial charge on any atom is 0.340 e. The smallest absolute Gasteiger partial charge is 0.340 e. The summed E-state index contributed by atoms with van der Waals surface area (Å²) in [7, 11) is 8.50. The molecule has 0 aliphatic carbocycles. The summed E-state index contributed by atoms with van der Waals surface area (Å²) in [6.45, 7) is 3.93. The highest BCUT2D eigenvalue weighted by molar-refractivity contribution is 5.97. The Morgan fingerprint density at radius 1 is 0.730 bits per heavy atom. The van der Waals surface area contributed by atoms with Gasteiger partial charge in [0.15, 0.2) is 5.60 Å². The molecule has 1 spiro atoms. The highest BCUT2D eigenvalue weighted by Crippen LogP contribution is 2.57. The Balaban J connectivity index is 1.33.